The number of likely N-dealkylation sites (tertiary alicyclic amines) is 2. The summed E-state index contributed by atoms with van der Waals surface area (Å²) in [6.07, 6.45) is -1.61. The largest absolute Gasteiger partial charge is 0.497 e. The third kappa shape index (κ3) is 9.25. The standard InChI is InChI=1S/C43H51F3N6O8S/c1-6-25-23-42(25,40(56)52(61(57)58)27-10-11-27)49-38(54)35-20-29(60-36-22-34(32-9-7-8-16-47-32)48-33-19-28(59-5)12-13-30(33)36)24-51(35)39(55)31(41(2,3)4)21-37(53)50-17-14-26(15-18-50)43(44,45)46/h6-9,12-13,16,19,22,25-27,29,31,35H,1,10-11,14-15,17-18,20-21,23-24H2,2-5H3,(H,49,54)(H,57,58)/t25?,29-,31-,35+,42-/m1/s1. The Balaban J connectivity index is 1.20. The third-order valence-corrected chi connectivity index (χ3v) is 13.2. The van der Waals surface area contributed by atoms with Gasteiger partial charge in [-0.25, -0.2) is 13.5 Å². The molecule has 2 saturated carbocycles. The number of carbonyl (C=O) groups excluding carboxylic acids is 4. The van der Waals surface area contributed by atoms with Crippen LogP contribution in [0.3, 0.4) is 0 Å². The van der Waals surface area contributed by atoms with Crippen LogP contribution < -0.4 is 14.8 Å². The van der Waals surface area contributed by atoms with Crippen molar-refractivity contribution in [2.24, 2.45) is 23.2 Å². The minimum absolute atomic E-state index is 0.0342. The van der Waals surface area contributed by atoms with Crippen LogP contribution in [0.5, 0.6) is 11.5 Å². The first-order chi connectivity index (χ1) is 28.8. The lowest BCUT2D eigenvalue weighted by atomic mass is 9.77. The Morgan fingerprint density at radius 2 is 1.80 bits per heavy atom. The molecule has 4 aliphatic rings. The minimum Gasteiger partial charge on any atom is -0.497 e. The zero-order valence-corrected chi connectivity index (χ0v) is 35.3. The Bertz CT molecular complexity index is 2210. The number of alkyl halides is 3. The van der Waals surface area contributed by atoms with Crippen LogP contribution in [0.4, 0.5) is 13.2 Å². The van der Waals surface area contributed by atoms with E-state index in [0.717, 1.165) is 4.31 Å². The van der Waals surface area contributed by atoms with Crippen molar-refractivity contribution in [3.8, 4) is 22.9 Å². The van der Waals surface area contributed by atoms with Gasteiger partial charge in [0, 0.05) is 61.6 Å². The lowest BCUT2D eigenvalue weighted by Crippen LogP contribution is -2.57. The molecule has 6 atom stereocenters. The quantitative estimate of drug-likeness (QED) is 0.161. The van der Waals surface area contributed by atoms with Crippen LogP contribution >= 0.6 is 0 Å². The summed E-state index contributed by atoms with van der Waals surface area (Å²) in [6, 6.07) is 10.7. The van der Waals surface area contributed by atoms with Crippen molar-refractivity contribution in [2.75, 3.05) is 26.7 Å². The van der Waals surface area contributed by atoms with Crippen LogP contribution in [-0.2, 0) is 30.4 Å². The van der Waals surface area contributed by atoms with Gasteiger partial charge in [-0.3, -0.25) is 28.7 Å². The van der Waals surface area contributed by atoms with E-state index in [1.165, 1.54) is 23.0 Å². The monoisotopic (exact) mass is 868 g/mol. The van der Waals surface area contributed by atoms with E-state index in [4.69, 9.17) is 14.5 Å². The molecular weight excluding hydrogens is 818 g/mol. The molecule has 14 nitrogen and oxygen atoms in total. The Labute approximate surface area is 354 Å². The summed E-state index contributed by atoms with van der Waals surface area (Å²) in [5.74, 6) is -4.51. The number of rotatable bonds is 13. The Morgan fingerprint density at radius 1 is 1.08 bits per heavy atom. The molecule has 328 valence electrons. The molecule has 0 bridgehead atoms. The number of hydrogen-bond acceptors (Lipinski definition) is 9. The minimum atomic E-state index is -4.36. The second-order valence-corrected chi connectivity index (χ2v) is 18.4. The smallest absolute Gasteiger partial charge is 0.391 e. The highest BCUT2D eigenvalue weighted by atomic mass is 32.2. The molecule has 2 aliphatic heterocycles. The lowest BCUT2D eigenvalue weighted by Gasteiger charge is -2.37. The highest BCUT2D eigenvalue weighted by Gasteiger charge is 2.64. The average molecular weight is 869 g/mol. The predicted octanol–water partition coefficient (Wildman–Crippen LogP) is 5.70. The summed E-state index contributed by atoms with van der Waals surface area (Å²) in [7, 11) is 1.54. The van der Waals surface area contributed by atoms with Gasteiger partial charge in [0.1, 0.15) is 29.2 Å². The van der Waals surface area contributed by atoms with Crippen molar-refractivity contribution < 1.29 is 50.6 Å². The molecule has 1 aromatic carbocycles. The number of aromatic nitrogens is 2. The Kier molecular flexibility index (Phi) is 12.2. The first kappa shape index (κ1) is 44.0. The fourth-order valence-corrected chi connectivity index (χ4v) is 9.28. The number of amides is 4. The Morgan fingerprint density at radius 3 is 2.38 bits per heavy atom. The molecule has 0 radical (unpaired) electrons. The molecule has 0 spiro atoms. The number of hydrogen-bond donors (Lipinski definition) is 2. The third-order valence-electron chi connectivity index (χ3n) is 12.4. The molecule has 2 aliphatic carbocycles. The van der Waals surface area contributed by atoms with Crippen LogP contribution in [-0.4, -0.2) is 113 Å². The topological polar surface area (TPSA) is 172 Å². The van der Waals surface area contributed by atoms with E-state index < -0.39 is 88.0 Å². The summed E-state index contributed by atoms with van der Waals surface area (Å²) < 4.78 is 75.8. The molecule has 4 fully saturated rings. The lowest BCUT2D eigenvalue weighted by molar-refractivity contribution is -0.186. The van der Waals surface area contributed by atoms with Crippen molar-refractivity contribution >= 4 is 45.8 Å². The van der Waals surface area contributed by atoms with E-state index >= 15 is 0 Å². The second kappa shape index (κ2) is 17.0. The van der Waals surface area contributed by atoms with Crippen LogP contribution in [0.2, 0.25) is 0 Å². The van der Waals surface area contributed by atoms with Gasteiger partial charge in [0.2, 0.25) is 17.7 Å². The van der Waals surface area contributed by atoms with E-state index in [2.05, 4.69) is 16.9 Å². The fourth-order valence-electron chi connectivity index (χ4n) is 8.51. The van der Waals surface area contributed by atoms with Crippen molar-refractivity contribution in [1.82, 2.24) is 29.4 Å². The summed E-state index contributed by atoms with van der Waals surface area (Å²) >= 11 is -2.64. The maximum Gasteiger partial charge on any atom is 0.391 e. The van der Waals surface area contributed by atoms with Crippen LogP contribution in [0, 0.1) is 23.2 Å². The molecule has 3 aromatic rings. The normalized spacial score (nSPS) is 24.2. The number of benzene rings is 1. The highest BCUT2D eigenvalue weighted by molar-refractivity contribution is 7.77. The van der Waals surface area contributed by atoms with Gasteiger partial charge in [-0.05, 0) is 61.8 Å². The van der Waals surface area contributed by atoms with Crippen LogP contribution in [0.1, 0.15) is 65.7 Å². The first-order valence-corrected chi connectivity index (χ1v) is 21.5. The molecule has 4 heterocycles. The number of ether oxygens (including phenoxy) is 2. The summed E-state index contributed by atoms with van der Waals surface area (Å²) in [6.45, 7) is 8.86. The maximum absolute atomic E-state index is 14.9. The van der Waals surface area contributed by atoms with Gasteiger partial charge >= 0.3 is 6.18 Å². The van der Waals surface area contributed by atoms with Gasteiger partial charge in [0.25, 0.3) is 17.2 Å². The molecule has 61 heavy (non-hydrogen) atoms. The number of nitrogens with zero attached hydrogens (tertiary/aromatic N) is 5. The second-order valence-electron chi connectivity index (χ2n) is 17.5. The Hall–Kier alpha value is -5.10. The van der Waals surface area contributed by atoms with Crippen molar-refractivity contribution in [1.29, 1.82) is 0 Å². The van der Waals surface area contributed by atoms with Crippen molar-refractivity contribution in [3.63, 3.8) is 0 Å². The molecule has 2 unspecified atom stereocenters. The van der Waals surface area contributed by atoms with Gasteiger partial charge in [0.05, 0.1) is 42.4 Å². The number of pyridine rings is 2. The zero-order chi connectivity index (χ0) is 44.0. The van der Waals surface area contributed by atoms with Crippen LogP contribution in [0.15, 0.2) is 61.3 Å². The van der Waals surface area contributed by atoms with Crippen molar-refractivity contribution in [3.05, 3.63) is 61.3 Å². The summed E-state index contributed by atoms with van der Waals surface area (Å²) in [5.41, 5.74) is -0.805. The summed E-state index contributed by atoms with van der Waals surface area (Å²) in [5, 5.41) is 3.48. The molecule has 7 rings (SSSR count). The molecular formula is C43H51F3N6O8S. The maximum atomic E-state index is 14.9. The molecule has 2 aromatic heterocycles. The SMILES string of the molecule is C=CC1C[C@]1(NC(=O)[C@@H]1C[C@@H](Oc2cc(-c3ccccn3)nc3cc(OC)ccc23)CN1C(=O)[C@@H](CC(=O)N1CCC(C(F)(F)F)CC1)C(C)(C)C)C(=O)N(C1CC1)S(=O)O. The number of carbonyl (C=O) groups is 4. The number of nitrogens with one attached hydrogen (secondary N) is 1. The molecule has 2 saturated heterocycles. The number of halogens is 3. The van der Waals surface area contributed by atoms with Crippen molar-refractivity contribution in [2.45, 2.75) is 95.6 Å². The number of fused-ring (bicyclic) bond motifs is 1. The van der Waals surface area contributed by atoms with Gasteiger partial charge in [-0.1, -0.05) is 32.9 Å². The van der Waals surface area contributed by atoms with Crippen LogP contribution in [0.25, 0.3) is 22.3 Å². The molecule has 4 amide bonds. The van der Waals surface area contributed by atoms with E-state index in [-0.39, 0.29) is 51.7 Å². The first-order valence-electron chi connectivity index (χ1n) is 20.5. The predicted molar refractivity (Wildman–Crippen MR) is 219 cm³/mol. The zero-order valence-electron chi connectivity index (χ0n) is 34.5. The van der Waals surface area contributed by atoms with Gasteiger partial charge in [-0.15, -0.1) is 6.58 Å². The van der Waals surface area contributed by atoms with E-state index in [9.17, 15) is 41.1 Å². The summed E-state index contributed by atoms with van der Waals surface area (Å²) in [4.78, 5) is 69.3. The highest BCUT2D eigenvalue weighted by Crippen LogP contribution is 2.48. The number of piperidine rings is 1. The van der Waals surface area contributed by atoms with E-state index in [0.29, 0.717) is 46.6 Å². The molecule has 2 N–H and O–H groups in total. The van der Waals surface area contributed by atoms with Gasteiger partial charge in [-0.2, -0.15) is 13.2 Å². The van der Waals surface area contributed by atoms with Gasteiger partial charge in [0.15, 0.2) is 0 Å². The molecule has 18 heteroatoms. The van der Waals surface area contributed by atoms with E-state index in [1.807, 2.05) is 6.07 Å². The fraction of sp³-hybridized carbons (Fsp3) is 0.535. The van der Waals surface area contributed by atoms with Gasteiger partial charge < -0.3 is 24.6 Å². The number of methoxy groups -OCH3 is 1. The average Bonchev–Trinajstić information content (AvgIpc) is 4.15. The van der Waals surface area contributed by atoms with E-state index in [1.54, 1.807) is 63.4 Å².